The van der Waals surface area contributed by atoms with Gasteiger partial charge in [-0.1, -0.05) is 42.2 Å². The number of carbonyl (C=O) groups is 2. The highest BCUT2D eigenvalue weighted by molar-refractivity contribution is 8.26. The first kappa shape index (κ1) is 17.5. The SMILES string of the molecule is O=C(O)CCn1cc(/C=C2\SC(=S)NC2=O)c(-c2cc3ccccc3o2)n1. The highest BCUT2D eigenvalue weighted by Crippen LogP contribution is 2.32. The number of aliphatic carboxylic acids is 1. The fourth-order valence-electron chi connectivity index (χ4n) is 2.72. The van der Waals surface area contributed by atoms with Gasteiger partial charge in [0.1, 0.15) is 15.6 Å². The lowest BCUT2D eigenvalue weighted by Crippen LogP contribution is -2.17. The normalized spacial score (nSPS) is 15.6. The summed E-state index contributed by atoms with van der Waals surface area (Å²) in [4.78, 5) is 23.3. The van der Waals surface area contributed by atoms with Gasteiger partial charge in [-0.3, -0.25) is 14.3 Å². The number of furan rings is 1. The summed E-state index contributed by atoms with van der Waals surface area (Å²) in [6.07, 6.45) is 3.33. The molecule has 0 bridgehead atoms. The van der Waals surface area contributed by atoms with Crippen LogP contribution in [0.5, 0.6) is 0 Å². The van der Waals surface area contributed by atoms with Crippen LogP contribution in [0.4, 0.5) is 0 Å². The van der Waals surface area contributed by atoms with Crippen LogP contribution in [-0.2, 0) is 16.1 Å². The van der Waals surface area contributed by atoms with Crippen LogP contribution >= 0.6 is 24.0 Å². The molecule has 2 N–H and O–H groups in total. The largest absolute Gasteiger partial charge is 0.481 e. The van der Waals surface area contributed by atoms with Gasteiger partial charge < -0.3 is 14.8 Å². The number of para-hydroxylation sites is 1. The second-order valence-corrected chi connectivity index (χ2v) is 7.56. The summed E-state index contributed by atoms with van der Waals surface area (Å²) in [6.45, 7) is 0.212. The highest BCUT2D eigenvalue weighted by Gasteiger charge is 2.24. The van der Waals surface area contributed by atoms with Crippen molar-refractivity contribution in [2.24, 2.45) is 0 Å². The van der Waals surface area contributed by atoms with Crippen molar-refractivity contribution < 1.29 is 19.1 Å². The topological polar surface area (TPSA) is 97.4 Å². The molecule has 0 radical (unpaired) electrons. The number of nitrogens with zero attached hydrogens (tertiary/aromatic N) is 2. The van der Waals surface area contributed by atoms with E-state index in [2.05, 4.69) is 10.4 Å². The zero-order chi connectivity index (χ0) is 19.0. The molecule has 1 fully saturated rings. The van der Waals surface area contributed by atoms with Crippen LogP contribution in [0.15, 0.2) is 45.9 Å². The Balaban J connectivity index is 1.78. The van der Waals surface area contributed by atoms with Gasteiger partial charge in [0.05, 0.1) is 17.9 Å². The van der Waals surface area contributed by atoms with E-state index >= 15 is 0 Å². The van der Waals surface area contributed by atoms with Crippen molar-refractivity contribution in [2.75, 3.05) is 0 Å². The number of thiocarbonyl (C=S) groups is 1. The molecule has 1 aliphatic rings. The number of carboxylic acids is 1. The average molecular weight is 399 g/mol. The van der Waals surface area contributed by atoms with Crippen LogP contribution in [0.1, 0.15) is 12.0 Å². The second kappa shape index (κ2) is 7.01. The third-order valence-electron chi connectivity index (χ3n) is 3.93. The van der Waals surface area contributed by atoms with Gasteiger partial charge >= 0.3 is 5.97 Å². The van der Waals surface area contributed by atoms with Crippen molar-refractivity contribution in [3.05, 3.63) is 47.0 Å². The second-order valence-electron chi connectivity index (χ2n) is 5.84. The number of aromatic nitrogens is 2. The average Bonchev–Trinajstić information content (AvgIpc) is 3.30. The van der Waals surface area contributed by atoms with Gasteiger partial charge in [0.2, 0.25) is 0 Å². The van der Waals surface area contributed by atoms with Crippen molar-refractivity contribution in [1.29, 1.82) is 0 Å². The Morgan fingerprint density at radius 3 is 2.93 bits per heavy atom. The number of nitrogens with one attached hydrogen (secondary N) is 1. The fraction of sp³-hybridized carbons (Fsp3) is 0.111. The summed E-state index contributed by atoms with van der Waals surface area (Å²) in [5, 5.41) is 16.9. The Morgan fingerprint density at radius 2 is 2.22 bits per heavy atom. The molecule has 136 valence electrons. The fourth-order valence-corrected chi connectivity index (χ4v) is 3.75. The van der Waals surface area contributed by atoms with Crippen LogP contribution in [0, 0.1) is 0 Å². The van der Waals surface area contributed by atoms with E-state index in [1.165, 1.54) is 11.8 Å². The van der Waals surface area contributed by atoms with Gasteiger partial charge in [0.15, 0.2) is 5.76 Å². The van der Waals surface area contributed by atoms with E-state index in [-0.39, 0.29) is 18.9 Å². The van der Waals surface area contributed by atoms with Crippen LogP contribution in [0.2, 0.25) is 0 Å². The lowest BCUT2D eigenvalue weighted by atomic mass is 10.2. The van der Waals surface area contributed by atoms with Gasteiger partial charge in [-0.05, 0) is 18.2 Å². The van der Waals surface area contributed by atoms with Gasteiger partial charge in [0, 0.05) is 17.1 Å². The molecule has 4 rings (SSSR count). The Kier molecular flexibility index (Phi) is 4.54. The molecule has 0 atom stereocenters. The molecule has 1 aromatic carbocycles. The van der Waals surface area contributed by atoms with E-state index in [1.807, 2.05) is 30.3 Å². The quantitative estimate of drug-likeness (QED) is 0.502. The van der Waals surface area contributed by atoms with E-state index in [0.717, 1.165) is 11.0 Å². The zero-order valence-corrected chi connectivity index (χ0v) is 15.5. The minimum atomic E-state index is -0.910. The molecule has 27 heavy (non-hydrogen) atoms. The number of aryl methyl sites for hydroxylation is 1. The molecule has 3 heterocycles. The van der Waals surface area contributed by atoms with Gasteiger partial charge in [0.25, 0.3) is 5.91 Å². The molecule has 7 nitrogen and oxygen atoms in total. The van der Waals surface area contributed by atoms with Crippen molar-refractivity contribution in [3.63, 3.8) is 0 Å². The van der Waals surface area contributed by atoms with Crippen molar-refractivity contribution in [2.45, 2.75) is 13.0 Å². The molecular weight excluding hydrogens is 386 g/mol. The maximum absolute atomic E-state index is 12.0. The maximum atomic E-state index is 12.0. The molecule has 0 saturated carbocycles. The molecule has 9 heteroatoms. The minimum absolute atomic E-state index is 0.0589. The number of fused-ring (bicyclic) bond motifs is 1. The van der Waals surface area contributed by atoms with E-state index < -0.39 is 5.97 Å². The first-order chi connectivity index (χ1) is 13.0. The lowest BCUT2D eigenvalue weighted by Gasteiger charge is -1.96. The van der Waals surface area contributed by atoms with Crippen molar-refractivity contribution in [1.82, 2.24) is 15.1 Å². The third-order valence-corrected chi connectivity index (χ3v) is 5.09. The van der Waals surface area contributed by atoms with Gasteiger partial charge in [-0.2, -0.15) is 5.10 Å². The summed E-state index contributed by atoms with van der Waals surface area (Å²) in [7, 11) is 0. The van der Waals surface area contributed by atoms with E-state index in [0.29, 0.717) is 26.2 Å². The van der Waals surface area contributed by atoms with E-state index in [1.54, 1.807) is 17.0 Å². The predicted octanol–water partition coefficient (Wildman–Crippen LogP) is 3.26. The summed E-state index contributed by atoms with van der Waals surface area (Å²) in [5.74, 6) is -0.631. The maximum Gasteiger partial charge on any atom is 0.305 e. The molecule has 0 aliphatic carbocycles. The zero-order valence-electron chi connectivity index (χ0n) is 13.8. The summed E-state index contributed by atoms with van der Waals surface area (Å²) >= 11 is 6.20. The van der Waals surface area contributed by atoms with E-state index in [9.17, 15) is 9.59 Å². The number of thioether (sulfide) groups is 1. The first-order valence-electron chi connectivity index (χ1n) is 8.02. The Bertz CT molecular complexity index is 1080. The van der Waals surface area contributed by atoms with Gasteiger partial charge in [-0.25, -0.2) is 0 Å². The summed E-state index contributed by atoms with van der Waals surface area (Å²) in [5.41, 5.74) is 1.91. The number of hydrogen-bond donors (Lipinski definition) is 2. The Labute approximate surface area is 163 Å². The van der Waals surface area contributed by atoms with Crippen LogP contribution in [0.25, 0.3) is 28.5 Å². The van der Waals surface area contributed by atoms with Crippen LogP contribution in [-0.4, -0.2) is 31.1 Å². The van der Waals surface area contributed by atoms with E-state index in [4.69, 9.17) is 21.7 Å². The predicted molar refractivity (Wildman–Crippen MR) is 106 cm³/mol. The first-order valence-corrected chi connectivity index (χ1v) is 9.25. The monoisotopic (exact) mass is 399 g/mol. The minimum Gasteiger partial charge on any atom is -0.481 e. The number of hydrogen-bond acceptors (Lipinski definition) is 6. The highest BCUT2D eigenvalue weighted by atomic mass is 32.2. The van der Waals surface area contributed by atoms with Crippen LogP contribution in [0.3, 0.4) is 0 Å². The Hall–Kier alpha value is -2.91. The molecule has 3 aromatic rings. The standard InChI is InChI=1S/C18H13N3O4S2/c22-15(23)5-6-21-9-11(8-14-17(24)19-18(26)27-14)16(20-21)13-7-10-3-1-2-4-12(10)25-13/h1-4,7-9H,5-6H2,(H,22,23)(H,19,24,26)/b14-8-. The summed E-state index contributed by atoms with van der Waals surface area (Å²) in [6, 6.07) is 9.45. The number of carbonyl (C=O) groups excluding carboxylic acids is 1. The number of benzene rings is 1. The number of amides is 1. The molecule has 1 saturated heterocycles. The molecule has 1 amide bonds. The molecule has 0 unspecified atom stereocenters. The number of rotatable bonds is 5. The molecule has 1 aliphatic heterocycles. The third kappa shape index (κ3) is 3.64. The van der Waals surface area contributed by atoms with Crippen molar-refractivity contribution >= 4 is 57.2 Å². The smallest absolute Gasteiger partial charge is 0.305 e. The Morgan fingerprint density at radius 1 is 1.41 bits per heavy atom. The van der Waals surface area contributed by atoms with Crippen molar-refractivity contribution in [3.8, 4) is 11.5 Å². The molecule has 2 aromatic heterocycles. The summed E-state index contributed by atoms with van der Waals surface area (Å²) < 4.78 is 7.83. The molecular formula is C18H13N3O4S2. The lowest BCUT2D eigenvalue weighted by molar-refractivity contribution is -0.137. The number of carboxylic acid groups (broad SMARTS) is 1. The van der Waals surface area contributed by atoms with Crippen LogP contribution < -0.4 is 5.32 Å². The molecule has 0 spiro atoms. The van der Waals surface area contributed by atoms with Gasteiger partial charge in [-0.15, -0.1) is 0 Å².